The van der Waals surface area contributed by atoms with Gasteiger partial charge in [0.1, 0.15) is 5.75 Å². The lowest BCUT2D eigenvalue weighted by atomic mass is 10.0. The maximum atomic E-state index is 13.8. The molecule has 0 aliphatic rings. The number of halogens is 2. The predicted molar refractivity (Wildman–Crippen MR) is 87.3 cm³/mol. The average Bonchev–Trinajstić information content (AvgIpc) is 2.44. The van der Waals surface area contributed by atoms with Crippen molar-refractivity contribution in [2.24, 2.45) is 5.73 Å². The van der Waals surface area contributed by atoms with Crippen LogP contribution in [0.3, 0.4) is 0 Å². The van der Waals surface area contributed by atoms with Gasteiger partial charge in [-0.15, -0.1) is 0 Å². The molecular weight excluding hydrogens is 333 g/mol. The summed E-state index contributed by atoms with van der Waals surface area (Å²) in [5, 5.41) is 0. The van der Waals surface area contributed by atoms with E-state index in [0.717, 1.165) is 18.4 Å². The van der Waals surface area contributed by atoms with Gasteiger partial charge < -0.3 is 10.5 Å². The Kier molecular flexibility index (Phi) is 5.37. The van der Waals surface area contributed by atoms with Gasteiger partial charge in [0.05, 0.1) is 0 Å². The number of rotatable bonds is 5. The Labute approximate surface area is 133 Å². The highest BCUT2D eigenvalue weighted by atomic mass is 79.9. The summed E-state index contributed by atoms with van der Waals surface area (Å²) in [7, 11) is 0. The van der Waals surface area contributed by atoms with Crippen LogP contribution in [0.15, 0.2) is 40.9 Å². The van der Waals surface area contributed by atoms with Gasteiger partial charge in [-0.05, 0) is 55.2 Å². The summed E-state index contributed by atoms with van der Waals surface area (Å²) < 4.78 is 20.1. The minimum Gasteiger partial charge on any atom is -0.454 e. The second kappa shape index (κ2) is 7.05. The zero-order chi connectivity index (χ0) is 15.4. The molecular formula is C17H19BrFNO. The van der Waals surface area contributed by atoms with Crippen LogP contribution >= 0.6 is 15.9 Å². The molecule has 1 atom stereocenters. The fourth-order valence-electron chi connectivity index (χ4n) is 2.08. The standard InChI is InChI=1S/C17H19BrFNO/c1-3-14(20)9-12-4-6-16(11(2)8-12)21-17-7-5-13(18)10-15(17)19/h4-8,10,14H,3,9,20H2,1-2H3. The molecule has 0 amide bonds. The molecule has 2 N–H and O–H groups in total. The molecule has 0 aliphatic carbocycles. The zero-order valence-corrected chi connectivity index (χ0v) is 13.8. The van der Waals surface area contributed by atoms with Crippen LogP contribution in [-0.2, 0) is 6.42 Å². The third-order valence-corrected chi connectivity index (χ3v) is 3.87. The van der Waals surface area contributed by atoms with Crippen molar-refractivity contribution in [1.82, 2.24) is 0 Å². The quantitative estimate of drug-likeness (QED) is 0.825. The van der Waals surface area contributed by atoms with Crippen molar-refractivity contribution >= 4 is 15.9 Å². The molecule has 0 aliphatic heterocycles. The van der Waals surface area contributed by atoms with Crippen LogP contribution in [0, 0.1) is 12.7 Å². The second-order valence-corrected chi connectivity index (χ2v) is 6.06. The first-order chi connectivity index (χ1) is 9.99. The molecule has 0 radical (unpaired) electrons. The molecule has 112 valence electrons. The smallest absolute Gasteiger partial charge is 0.166 e. The summed E-state index contributed by atoms with van der Waals surface area (Å²) >= 11 is 3.23. The summed E-state index contributed by atoms with van der Waals surface area (Å²) in [6, 6.07) is 10.8. The van der Waals surface area contributed by atoms with E-state index >= 15 is 0 Å². The Balaban J connectivity index is 2.17. The molecule has 2 aromatic carbocycles. The topological polar surface area (TPSA) is 35.2 Å². The molecule has 0 heterocycles. The number of hydrogen-bond donors (Lipinski definition) is 1. The Morgan fingerprint density at radius 2 is 1.90 bits per heavy atom. The van der Waals surface area contributed by atoms with Gasteiger partial charge in [-0.3, -0.25) is 0 Å². The van der Waals surface area contributed by atoms with Crippen molar-refractivity contribution in [2.45, 2.75) is 32.7 Å². The van der Waals surface area contributed by atoms with Crippen molar-refractivity contribution in [3.8, 4) is 11.5 Å². The first kappa shape index (κ1) is 16.0. The van der Waals surface area contributed by atoms with Crippen LogP contribution in [0.2, 0.25) is 0 Å². The van der Waals surface area contributed by atoms with Gasteiger partial charge in [-0.1, -0.05) is 35.0 Å². The van der Waals surface area contributed by atoms with Crippen molar-refractivity contribution < 1.29 is 9.13 Å². The first-order valence-corrected chi connectivity index (χ1v) is 7.77. The Morgan fingerprint density at radius 1 is 1.19 bits per heavy atom. The summed E-state index contributed by atoms with van der Waals surface area (Å²) in [6.45, 7) is 4.03. The minimum atomic E-state index is -0.388. The molecule has 2 nitrogen and oxygen atoms in total. The molecule has 0 bridgehead atoms. The van der Waals surface area contributed by atoms with Crippen LogP contribution < -0.4 is 10.5 Å². The summed E-state index contributed by atoms with van der Waals surface area (Å²) in [5.41, 5.74) is 8.11. The van der Waals surface area contributed by atoms with Crippen LogP contribution in [0.1, 0.15) is 24.5 Å². The van der Waals surface area contributed by atoms with E-state index in [9.17, 15) is 4.39 Å². The molecule has 0 saturated heterocycles. The third kappa shape index (κ3) is 4.29. The van der Waals surface area contributed by atoms with E-state index in [2.05, 4.69) is 22.9 Å². The molecule has 0 fully saturated rings. The zero-order valence-electron chi connectivity index (χ0n) is 12.2. The summed E-state index contributed by atoms with van der Waals surface area (Å²) in [6.07, 6.45) is 1.78. The van der Waals surface area contributed by atoms with Gasteiger partial charge in [0.2, 0.25) is 0 Å². The first-order valence-electron chi connectivity index (χ1n) is 6.97. The lowest BCUT2D eigenvalue weighted by molar-refractivity contribution is 0.439. The van der Waals surface area contributed by atoms with E-state index in [4.69, 9.17) is 10.5 Å². The highest BCUT2D eigenvalue weighted by molar-refractivity contribution is 9.10. The fraction of sp³-hybridized carbons (Fsp3) is 0.294. The van der Waals surface area contributed by atoms with Gasteiger partial charge in [0.25, 0.3) is 0 Å². The molecule has 21 heavy (non-hydrogen) atoms. The van der Waals surface area contributed by atoms with Gasteiger partial charge in [-0.25, -0.2) is 4.39 Å². The SMILES string of the molecule is CCC(N)Cc1ccc(Oc2ccc(Br)cc2F)c(C)c1. The van der Waals surface area contributed by atoms with Crippen LogP contribution in [0.5, 0.6) is 11.5 Å². The molecule has 2 rings (SSSR count). The minimum absolute atomic E-state index is 0.167. The van der Waals surface area contributed by atoms with Crippen molar-refractivity contribution in [1.29, 1.82) is 0 Å². The molecule has 4 heteroatoms. The number of nitrogens with two attached hydrogens (primary N) is 1. The van der Waals surface area contributed by atoms with E-state index in [-0.39, 0.29) is 17.6 Å². The maximum Gasteiger partial charge on any atom is 0.166 e. The largest absolute Gasteiger partial charge is 0.454 e. The lowest BCUT2D eigenvalue weighted by Gasteiger charge is -2.13. The summed E-state index contributed by atoms with van der Waals surface area (Å²) in [4.78, 5) is 0. The Hall–Kier alpha value is -1.39. The number of hydrogen-bond acceptors (Lipinski definition) is 2. The van der Waals surface area contributed by atoms with Crippen LogP contribution in [0.25, 0.3) is 0 Å². The maximum absolute atomic E-state index is 13.8. The predicted octanol–water partition coefficient (Wildman–Crippen LogP) is 4.97. The molecule has 0 aromatic heterocycles. The number of ether oxygens (including phenoxy) is 1. The molecule has 0 spiro atoms. The van der Waals surface area contributed by atoms with Crippen molar-refractivity contribution in [3.63, 3.8) is 0 Å². The highest BCUT2D eigenvalue weighted by Gasteiger charge is 2.09. The van der Waals surface area contributed by atoms with Gasteiger partial charge in [0.15, 0.2) is 11.6 Å². The average molecular weight is 352 g/mol. The number of aryl methyl sites for hydroxylation is 1. The molecule has 1 unspecified atom stereocenters. The van der Waals surface area contributed by atoms with Crippen molar-refractivity contribution in [3.05, 3.63) is 57.8 Å². The van der Waals surface area contributed by atoms with E-state index < -0.39 is 0 Å². The van der Waals surface area contributed by atoms with E-state index in [0.29, 0.717) is 10.2 Å². The van der Waals surface area contributed by atoms with Crippen LogP contribution in [-0.4, -0.2) is 6.04 Å². The molecule has 2 aromatic rings. The van der Waals surface area contributed by atoms with Gasteiger partial charge in [-0.2, -0.15) is 0 Å². The summed E-state index contributed by atoms with van der Waals surface area (Å²) in [5.74, 6) is 0.491. The lowest BCUT2D eigenvalue weighted by Crippen LogP contribution is -2.21. The normalized spacial score (nSPS) is 12.2. The molecule has 0 saturated carbocycles. The fourth-order valence-corrected chi connectivity index (χ4v) is 2.41. The van der Waals surface area contributed by atoms with Gasteiger partial charge in [0, 0.05) is 10.5 Å². The van der Waals surface area contributed by atoms with Crippen molar-refractivity contribution in [2.75, 3.05) is 0 Å². The van der Waals surface area contributed by atoms with E-state index in [1.54, 1.807) is 12.1 Å². The third-order valence-electron chi connectivity index (χ3n) is 3.38. The van der Waals surface area contributed by atoms with E-state index in [1.807, 2.05) is 25.1 Å². The van der Waals surface area contributed by atoms with Crippen LogP contribution in [0.4, 0.5) is 4.39 Å². The Morgan fingerprint density at radius 3 is 2.52 bits per heavy atom. The highest BCUT2D eigenvalue weighted by Crippen LogP contribution is 2.29. The second-order valence-electron chi connectivity index (χ2n) is 5.15. The van der Waals surface area contributed by atoms with Gasteiger partial charge >= 0.3 is 0 Å². The number of benzene rings is 2. The van der Waals surface area contributed by atoms with E-state index in [1.165, 1.54) is 11.6 Å². The monoisotopic (exact) mass is 351 g/mol. The Bertz CT molecular complexity index is 630.